The Balaban J connectivity index is 1.61. The van der Waals surface area contributed by atoms with Gasteiger partial charge in [-0.1, -0.05) is 48.5 Å². The smallest absolute Gasteiger partial charge is 0.255 e. The van der Waals surface area contributed by atoms with Crippen LogP contribution in [0.2, 0.25) is 0 Å². The van der Waals surface area contributed by atoms with Gasteiger partial charge >= 0.3 is 0 Å². The Morgan fingerprint density at radius 3 is 2.45 bits per heavy atom. The van der Waals surface area contributed by atoms with Crippen LogP contribution in [0.3, 0.4) is 0 Å². The number of benzene rings is 3. The molecule has 154 valence electrons. The van der Waals surface area contributed by atoms with Crippen molar-refractivity contribution in [3.05, 3.63) is 89.7 Å². The molecule has 1 amide bonds. The number of pyridine rings is 1. The lowest BCUT2D eigenvalue weighted by atomic mass is 9.94. The van der Waals surface area contributed by atoms with E-state index in [0.717, 1.165) is 33.2 Å². The predicted molar refractivity (Wildman–Crippen MR) is 120 cm³/mol. The number of para-hydroxylation sites is 1. The molecular weight excluding hydrogens is 388 g/mol. The van der Waals surface area contributed by atoms with Gasteiger partial charge in [0.15, 0.2) is 11.5 Å². The maximum atomic E-state index is 13.5. The Morgan fingerprint density at radius 1 is 0.839 bits per heavy atom. The summed E-state index contributed by atoms with van der Waals surface area (Å²) in [5.74, 6) is 1.36. The first-order valence-corrected chi connectivity index (χ1v) is 10.2. The molecule has 5 heteroatoms. The van der Waals surface area contributed by atoms with Crippen molar-refractivity contribution < 1.29 is 14.3 Å². The van der Waals surface area contributed by atoms with Crippen molar-refractivity contribution in [3.8, 4) is 22.6 Å². The van der Waals surface area contributed by atoms with E-state index in [1.807, 2.05) is 71.6 Å². The number of ether oxygens (including phenoxy) is 2. The average Bonchev–Trinajstić information content (AvgIpc) is 3.26. The summed E-state index contributed by atoms with van der Waals surface area (Å²) in [5, 5.41) is 1.91. The lowest BCUT2D eigenvalue weighted by molar-refractivity contribution is 0.0752. The normalized spacial score (nSPS) is 12.6. The van der Waals surface area contributed by atoms with Crippen LogP contribution in [0.4, 0.5) is 0 Å². The molecule has 0 atom stereocenters. The van der Waals surface area contributed by atoms with Crippen LogP contribution < -0.4 is 9.47 Å². The monoisotopic (exact) mass is 410 g/mol. The van der Waals surface area contributed by atoms with Gasteiger partial charge in [-0.3, -0.25) is 9.78 Å². The molecule has 1 aliphatic rings. The van der Waals surface area contributed by atoms with Crippen LogP contribution in [0.5, 0.6) is 11.5 Å². The highest BCUT2D eigenvalue weighted by Crippen LogP contribution is 2.41. The molecule has 4 aromatic rings. The van der Waals surface area contributed by atoms with E-state index >= 15 is 0 Å². The summed E-state index contributed by atoms with van der Waals surface area (Å²) < 4.78 is 11.1. The summed E-state index contributed by atoms with van der Waals surface area (Å²) in [4.78, 5) is 19.7. The summed E-state index contributed by atoms with van der Waals surface area (Å²) in [6, 6.07) is 21.7. The van der Waals surface area contributed by atoms with Crippen molar-refractivity contribution in [1.29, 1.82) is 0 Å². The third kappa shape index (κ3) is 3.19. The molecular formula is C26H22N2O3. The number of aromatic nitrogens is 1. The third-order valence-electron chi connectivity index (χ3n) is 5.82. The minimum atomic E-state index is 0.0124. The summed E-state index contributed by atoms with van der Waals surface area (Å²) in [5.41, 5.74) is 4.69. The largest absolute Gasteiger partial charge is 0.493 e. The first kappa shape index (κ1) is 19.1. The molecule has 0 unspecified atom stereocenters. The SMILES string of the molecule is COc1cccc(-c2ccc(C(=O)N3Cc4cccnc4C3)c3ccccc23)c1OC. The predicted octanol–water partition coefficient (Wildman–Crippen LogP) is 5.08. The summed E-state index contributed by atoms with van der Waals surface area (Å²) in [7, 11) is 3.27. The lowest BCUT2D eigenvalue weighted by Gasteiger charge is -2.19. The first-order chi connectivity index (χ1) is 15.2. The molecule has 31 heavy (non-hydrogen) atoms. The van der Waals surface area contributed by atoms with E-state index in [0.29, 0.717) is 30.2 Å². The molecule has 5 rings (SSSR count). The Morgan fingerprint density at radius 2 is 1.68 bits per heavy atom. The van der Waals surface area contributed by atoms with E-state index in [1.54, 1.807) is 20.4 Å². The molecule has 1 aromatic heterocycles. The van der Waals surface area contributed by atoms with Crippen LogP contribution in [0.15, 0.2) is 72.9 Å². The van der Waals surface area contributed by atoms with Gasteiger partial charge in [-0.05, 0) is 40.1 Å². The molecule has 2 heterocycles. The van der Waals surface area contributed by atoms with Crippen molar-refractivity contribution >= 4 is 16.7 Å². The Labute approximate surface area is 180 Å². The zero-order valence-corrected chi connectivity index (χ0v) is 17.5. The molecule has 0 spiro atoms. The number of hydrogen-bond acceptors (Lipinski definition) is 4. The van der Waals surface area contributed by atoms with Crippen molar-refractivity contribution in [2.75, 3.05) is 14.2 Å². The summed E-state index contributed by atoms with van der Waals surface area (Å²) in [6.45, 7) is 1.12. The van der Waals surface area contributed by atoms with E-state index in [4.69, 9.17) is 9.47 Å². The molecule has 3 aromatic carbocycles. The molecule has 0 fully saturated rings. The highest BCUT2D eigenvalue weighted by atomic mass is 16.5. The fourth-order valence-corrected chi connectivity index (χ4v) is 4.33. The fraction of sp³-hybridized carbons (Fsp3) is 0.154. The van der Waals surface area contributed by atoms with E-state index < -0.39 is 0 Å². The first-order valence-electron chi connectivity index (χ1n) is 10.2. The lowest BCUT2D eigenvalue weighted by Crippen LogP contribution is -2.25. The van der Waals surface area contributed by atoms with Gasteiger partial charge in [0.25, 0.3) is 5.91 Å². The molecule has 1 aliphatic heterocycles. The van der Waals surface area contributed by atoms with E-state index in [9.17, 15) is 4.79 Å². The molecule has 0 saturated carbocycles. The van der Waals surface area contributed by atoms with Crippen LogP contribution in [0, 0.1) is 0 Å². The topological polar surface area (TPSA) is 51.7 Å². The average molecular weight is 410 g/mol. The number of nitrogens with zero attached hydrogens (tertiary/aromatic N) is 2. The standard InChI is InChI=1S/C26H22N2O3/c1-30-24-11-5-10-21(25(24)31-2)20-12-13-22(19-9-4-3-8-18(19)20)26(29)28-15-17-7-6-14-27-23(17)16-28/h3-14H,15-16H2,1-2H3. The molecule has 0 bridgehead atoms. The number of methoxy groups -OCH3 is 2. The maximum absolute atomic E-state index is 13.5. The molecule has 0 aliphatic carbocycles. The second-order valence-corrected chi connectivity index (χ2v) is 7.52. The van der Waals surface area contributed by atoms with Gasteiger partial charge in [0.05, 0.1) is 26.5 Å². The minimum Gasteiger partial charge on any atom is -0.493 e. The Kier molecular flexibility index (Phi) is 4.79. The quantitative estimate of drug-likeness (QED) is 0.471. The highest BCUT2D eigenvalue weighted by molar-refractivity contribution is 6.11. The van der Waals surface area contributed by atoms with Crippen molar-refractivity contribution in [2.24, 2.45) is 0 Å². The van der Waals surface area contributed by atoms with Crippen LogP contribution in [0.1, 0.15) is 21.6 Å². The second-order valence-electron chi connectivity index (χ2n) is 7.52. The summed E-state index contributed by atoms with van der Waals surface area (Å²) in [6.07, 6.45) is 1.78. The Bertz CT molecular complexity index is 1270. The zero-order chi connectivity index (χ0) is 21.4. The van der Waals surface area contributed by atoms with E-state index in [-0.39, 0.29) is 5.91 Å². The number of rotatable bonds is 4. The van der Waals surface area contributed by atoms with Crippen LogP contribution in [0.25, 0.3) is 21.9 Å². The van der Waals surface area contributed by atoms with E-state index in [1.165, 1.54) is 0 Å². The van der Waals surface area contributed by atoms with Gasteiger partial charge in [-0.2, -0.15) is 0 Å². The number of carbonyl (C=O) groups excluding carboxylic acids is 1. The molecule has 0 radical (unpaired) electrons. The van der Waals surface area contributed by atoms with Crippen LogP contribution >= 0.6 is 0 Å². The number of carbonyl (C=O) groups is 1. The fourth-order valence-electron chi connectivity index (χ4n) is 4.33. The van der Waals surface area contributed by atoms with Gasteiger partial charge in [0.1, 0.15) is 0 Å². The van der Waals surface area contributed by atoms with E-state index in [2.05, 4.69) is 4.98 Å². The number of amides is 1. The van der Waals surface area contributed by atoms with Gasteiger partial charge in [0.2, 0.25) is 0 Å². The van der Waals surface area contributed by atoms with Crippen LogP contribution in [-0.2, 0) is 13.1 Å². The second kappa shape index (κ2) is 7.76. The van der Waals surface area contributed by atoms with Crippen molar-refractivity contribution in [3.63, 3.8) is 0 Å². The zero-order valence-electron chi connectivity index (χ0n) is 17.5. The maximum Gasteiger partial charge on any atom is 0.255 e. The van der Waals surface area contributed by atoms with Gasteiger partial charge in [-0.15, -0.1) is 0 Å². The van der Waals surface area contributed by atoms with Crippen LogP contribution in [-0.4, -0.2) is 30.0 Å². The minimum absolute atomic E-state index is 0.0124. The highest BCUT2D eigenvalue weighted by Gasteiger charge is 2.26. The summed E-state index contributed by atoms with van der Waals surface area (Å²) >= 11 is 0. The number of hydrogen-bond donors (Lipinski definition) is 0. The van der Waals surface area contributed by atoms with Gasteiger partial charge in [0, 0.05) is 23.9 Å². The number of fused-ring (bicyclic) bond motifs is 2. The van der Waals surface area contributed by atoms with Crippen molar-refractivity contribution in [2.45, 2.75) is 13.1 Å². The molecule has 0 N–H and O–H groups in total. The van der Waals surface area contributed by atoms with Crippen molar-refractivity contribution in [1.82, 2.24) is 9.88 Å². The molecule has 0 saturated heterocycles. The van der Waals surface area contributed by atoms with Gasteiger partial charge < -0.3 is 14.4 Å². The third-order valence-corrected chi connectivity index (χ3v) is 5.82. The van der Waals surface area contributed by atoms with Gasteiger partial charge in [-0.25, -0.2) is 0 Å². The molecule has 5 nitrogen and oxygen atoms in total. The Hall–Kier alpha value is -3.86.